The molecule has 0 spiro atoms. The fourth-order valence-corrected chi connectivity index (χ4v) is 2.57. The third-order valence-electron chi connectivity index (χ3n) is 3.54. The van der Waals surface area contributed by atoms with Crippen molar-refractivity contribution in [3.05, 3.63) is 35.4 Å². The highest BCUT2D eigenvalue weighted by atomic mass is 16.5. The van der Waals surface area contributed by atoms with E-state index >= 15 is 0 Å². The first kappa shape index (κ1) is 13.1. The monoisotopic (exact) mass is 249 g/mol. The molecule has 0 aliphatic carbocycles. The first-order valence-electron chi connectivity index (χ1n) is 6.17. The van der Waals surface area contributed by atoms with Crippen molar-refractivity contribution >= 4 is 5.97 Å². The molecule has 98 valence electrons. The lowest BCUT2D eigenvalue weighted by Crippen LogP contribution is -2.50. The number of carbonyl (C=O) groups is 1. The van der Waals surface area contributed by atoms with Gasteiger partial charge in [0.1, 0.15) is 6.04 Å². The zero-order valence-corrected chi connectivity index (χ0v) is 10.8. The fraction of sp³-hybridized carbons (Fsp3) is 0.500. The Kier molecular flexibility index (Phi) is 3.99. The van der Waals surface area contributed by atoms with Crippen LogP contribution in [0.5, 0.6) is 0 Å². The topological polar surface area (TPSA) is 49.8 Å². The molecule has 4 nitrogen and oxygen atoms in total. The molecule has 2 rings (SSSR count). The van der Waals surface area contributed by atoms with Crippen molar-refractivity contribution in [2.75, 3.05) is 13.7 Å². The number of ether oxygens (including phenoxy) is 1. The smallest absolute Gasteiger partial charge is 0.321 e. The molecule has 1 aliphatic heterocycles. The molecule has 0 amide bonds. The van der Waals surface area contributed by atoms with Gasteiger partial charge in [-0.2, -0.15) is 0 Å². The minimum atomic E-state index is -0.757. The number of nitrogens with zero attached hydrogens (tertiary/aromatic N) is 1. The van der Waals surface area contributed by atoms with Crippen LogP contribution >= 0.6 is 0 Å². The molecule has 1 N–H and O–H groups in total. The molecule has 2 unspecified atom stereocenters. The molecule has 4 heteroatoms. The van der Waals surface area contributed by atoms with Crippen LogP contribution in [0.2, 0.25) is 0 Å². The molecule has 0 aromatic heterocycles. The van der Waals surface area contributed by atoms with Gasteiger partial charge in [-0.25, -0.2) is 0 Å². The molecule has 1 aromatic rings. The van der Waals surface area contributed by atoms with Crippen LogP contribution in [-0.4, -0.2) is 41.8 Å². The highest BCUT2D eigenvalue weighted by Crippen LogP contribution is 2.25. The SMILES string of the molecule is COCC(C)N1Cc2ccccc2CC1C(=O)O. The van der Waals surface area contributed by atoms with Gasteiger partial charge in [-0.3, -0.25) is 9.69 Å². The fourth-order valence-electron chi connectivity index (χ4n) is 2.57. The minimum absolute atomic E-state index is 0.101. The Labute approximate surface area is 107 Å². The summed E-state index contributed by atoms with van der Waals surface area (Å²) in [5, 5.41) is 9.37. The van der Waals surface area contributed by atoms with Gasteiger partial charge >= 0.3 is 5.97 Å². The van der Waals surface area contributed by atoms with Crippen molar-refractivity contribution in [1.82, 2.24) is 4.90 Å². The van der Waals surface area contributed by atoms with Gasteiger partial charge in [0.2, 0.25) is 0 Å². The van der Waals surface area contributed by atoms with Crippen molar-refractivity contribution in [3.8, 4) is 0 Å². The van der Waals surface area contributed by atoms with E-state index in [4.69, 9.17) is 4.74 Å². The van der Waals surface area contributed by atoms with Crippen molar-refractivity contribution < 1.29 is 14.6 Å². The molecule has 0 saturated carbocycles. The highest BCUT2D eigenvalue weighted by molar-refractivity contribution is 5.74. The zero-order chi connectivity index (χ0) is 13.1. The van der Waals surface area contributed by atoms with Crippen molar-refractivity contribution in [2.24, 2.45) is 0 Å². The van der Waals surface area contributed by atoms with Gasteiger partial charge in [0.05, 0.1) is 6.61 Å². The van der Waals surface area contributed by atoms with Gasteiger partial charge in [0, 0.05) is 19.7 Å². The van der Waals surface area contributed by atoms with Crippen molar-refractivity contribution in [1.29, 1.82) is 0 Å². The Hall–Kier alpha value is -1.39. The zero-order valence-electron chi connectivity index (χ0n) is 10.8. The summed E-state index contributed by atoms with van der Waals surface area (Å²) in [6.07, 6.45) is 0.569. The standard InChI is InChI=1S/C14H19NO3/c1-10(9-18-2)15-8-12-6-4-3-5-11(12)7-13(15)14(16)17/h3-6,10,13H,7-9H2,1-2H3,(H,16,17). The molecule has 1 heterocycles. The Bertz CT molecular complexity index is 433. The summed E-state index contributed by atoms with van der Waals surface area (Å²) in [6, 6.07) is 7.70. The predicted octanol–water partition coefficient (Wildman–Crippen LogP) is 1.53. The van der Waals surface area contributed by atoms with Crippen LogP contribution < -0.4 is 0 Å². The molecule has 0 radical (unpaired) electrons. The number of hydrogen-bond acceptors (Lipinski definition) is 3. The third kappa shape index (κ3) is 2.54. The Balaban J connectivity index is 2.25. The minimum Gasteiger partial charge on any atom is -0.480 e. The summed E-state index contributed by atoms with van der Waals surface area (Å²) in [5.74, 6) is -0.757. The maximum atomic E-state index is 11.4. The quantitative estimate of drug-likeness (QED) is 0.879. The second kappa shape index (κ2) is 5.50. The summed E-state index contributed by atoms with van der Waals surface area (Å²) < 4.78 is 5.14. The van der Waals surface area contributed by atoms with Gasteiger partial charge in [-0.15, -0.1) is 0 Å². The van der Waals surface area contributed by atoms with Gasteiger partial charge in [0.15, 0.2) is 0 Å². The molecule has 0 fully saturated rings. The molecule has 18 heavy (non-hydrogen) atoms. The second-order valence-electron chi connectivity index (χ2n) is 4.80. The maximum absolute atomic E-state index is 11.4. The summed E-state index contributed by atoms with van der Waals surface area (Å²) in [7, 11) is 1.64. The Morgan fingerprint density at radius 3 is 2.78 bits per heavy atom. The lowest BCUT2D eigenvalue weighted by atomic mass is 9.93. The van der Waals surface area contributed by atoms with E-state index in [9.17, 15) is 9.90 Å². The average Bonchev–Trinajstić information content (AvgIpc) is 2.37. The van der Waals surface area contributed by atoms with Crippen LogP contribution in [0.25, 0.3) is 0 Å². The predicted molar refractivity (Wildman–Crippen MR) is 68.5 cm³/mol. The van der Waals surface area contributed by atoms with Crippen LogP contribution in [0.1, 0.15) is 18.1 Å². The number of aliphatic carboxylic acids is 1. The Morgan fingerprint density at radius 1 is 1.50 bits per heavy atom. The van der Waals surface area contributed by atoms with Crippen LogP contribution in [0.3, 0.4) is 0 Å². The Morgan fingerprint density at radius 2 is 2.17 bits per heavy atom. The van der Waals surface area contributed by atoms with Crippen LogP contribution in [0, 0.1) is 0 Å². The number of benzene rings is 1. The van der Waals surface area contributed by atoms with E-state index < -0.39 is 12.0 Å². The van der Waals surface area contributed by atoms with Crippen molar-refractivity contribution in [2.45, 2.75) is 32.0 Å². The van der Waals surface area contributed by atoms with Crippen LogP contribution in [-0.2, 0) is 22.5 Å². The summed E-state index contributed by atoms with van der Waals surface area (Å²) >= 11 is 0. The van der Waals surface area contributed by atoms with Crippen molar-refractivity contribution in [3.63, 3.8) is 0 Å². The lowest BCUT2D eigenvalue weighted by molar-refractivity contribution is -0.145. The number of hydrogen-bond donors (Lipinski definition) is 1. The average molecular weight is 249 g/mol. The van der Waals surface area contributed by atoms with Crippen LogP contribution in [0.4, 0.5) is 0 Å². The maximum Gasteiger partial charge on any atom is 0.321 e. The number of fused-ring (bicyclic) bond motifs is 1. The molecule has 1 aliphatic rings. The van der Waals surface area contributed by atoms with Crippen LogP contribution in [0.15, 0.2) is 24.3 Å². The summed E-state index contributed by atoms with van der Waals surface area (Å²) in [5.41, 5.74) is 2.36. The number of methoxy groups -OCH3 is 1. The molecule has 2 atom stereocenters. The highest BCUT2D eigenvalue weighted by Gasteiger charge is 2.33. The van der Waals surface area contributed by atoms with Gasteiger partial charge in [0.25, 0.3) is 0 Å². The largest absolute Gasteiger partial charge is 0.480 e. The number of rotatable bonds is 4. The molecule has 1 aromatic carbocycles. The first-order valence-corrected chi connectivity index (χ1v) is 6.17. The second-order valence-corrected chi connectivity index (χ2v) is 4.80. The van der Waals surface area contributed by atoms with E-state index in [1.807, 2.05) is 30.0 Å². The van der Waals surface area contributed by atoms with E-state index in [0.717, 1.165) is 5.56 Å². The molecule has 0 bridgehead atoms. The van der Waals surface area contributed by atoms with E-state index in [-0.39, 0.29) is 6.04 Å². The molecular weight excluding hydrogens is 230 g/mol. The first-order chi connectivity index (χ1) is 8.63. The summed E-state index contributed by atoms with van der Waals surface area (Å²) in [4.78, 5) is 13.4. The van der Waals surface area contributed by atoms with E-state index in [0.29, 0.717) is 19.6 Å². The number of carboxylic acids is 1. The normalized spacial score (nSPS) is 21.3. The third-order valence-corrected chi connectivity index (χ3v) is 3.54. The van der Waals surface area contributed by atoms with E-state index in [1.54, 1.807) is 7.11 Å². The summed E-state index contributed by atoms with van der Waals surface area (Å²) in [6.45, 7) is 3.23. The lowest BCUT2D eigenvalue weighted by Gasteiger charge is -2.38. The number of carboxylic acid groups (broad SMARTS) is 1. The van der Waals surface area contributed by atoms with E-state index in [2.05, 4.69) is 6.07 Å². The van der Waals surface area contributed by atoms with Gasteiger partial charge in [-0.05, 0) is 24.5 Å². The molecule has 0 saturated heterocycles. The van der Waals surface area contributed by atoms with Gasteiger partial charge < -0.3 is 9.84 Å². The van der Waals surface area contributed by atoms with E-state index in [1.165, 1.54) is 5.56 Å². The van der Waals surface area contributed by atoms with Gasteiger partial charge in [-0.1, -0.05) is 24.3 Å². The molecular formula is C14H19NO3.